The third kappa shape index (κ3) is 4.05. The second-order valence-electron chi connectivity index (χ2n) is 6.62. The van der Waals surface area contributed by atoms with Crippen LogP contribution in [0, 0.1) is 12.7 Å². The smallest absolute Gasteiger partial charge is 0.146 e. The molecule has 1 atom stereocenters. The molecule has 2 heterocycles. The highest BCUT2D eigenvalue weighted by molar-refractivity contribution is 5.75. The van der Waals surface area contributed by atoms with E-state index in [2.05, 4.69) is 15.2 Å². The number of anilines is 3. The molecule has 0 radical (unpaired) electrons. The van der Waals surface area contributed by atoms with E-state index >= 15 is 0 Å². The van der Waals surface area contributed by atoms with E-state index in [1.807, 2.05) is 26.0 Å². The number of aliphatic hydroxyl groups excluding tert-OH is 1. The molecule has 6 nitrogen and oxygen atoms in total. The lowest BCUT2D eigenvalue weighted by molar-refractivity contribution is 0.122. The Morgan fingerprint density at radius 2 is 2.04 bits per heavy atom. The van der Waals surface area contributed by atoms with Crippen LogP contribution in [-0.2, 0) is 4.74 Å². The molecule has 0 amide bonds. The van der Waals surface area contributed by atoms with Crippen LogP contribution in [0.2, 0.25) is 0 Å². The fraction of sp³-hybridized carbons (Fsp3) is 0.421. The summed E-state index contributed by atoms with van der Waals surface area (Å²) in [6.07, 6.45) is 0. The van der Waals surface area contributed by atoms with Crippen LogP contribution in [0.15, 0.2) is 24.3 Å². The zero-order valence-corrected chi connectivity index (χ0v) is 15.1. The van der Waals surface area contributed by atoms with Gasteiger partial charge in [0.05, 0.1) is 25.5 Å². The molecule has 1 aliphatic rings. The zero-order chi connectivity index (χ0) is 18.7. The summed E-state index contributed by atoms with van der Waals surface area (Å²) in [7, 11) is 0. The minimum atomic E-state index is -0.416. The van der Waals surface area contributed by atoms with Crippen molar-refractivity contribution in [3.05, 3.63) is 35.6 Å². The van der Waals surface area contributed by atoms with Gasteiger partial charge in [0.25, 0.3) is 0 Å². The molecule has 0 saturated carbocycles. The predicted octanol–water partition coefficient (Wildman–Crippen LogP) is 2.41. The van der Waals surface area contributed by atoms with Crippen molar-refractivity contribution in [3.8, 4) is 11.1 Å². The van der Waals surface area contributed by atoms with Gasteiger partial charge in [0, 0.05) is 19.1 Å². The van der Waals surface area contributed by atoms with Gasteiger partial charge in [-0.15, -0.1) is 0 Å². The number of nitrogens with one attached hydrogen (secondary N) is 1. The van der Waals surface area contributed by atoms with Crippen molar-refractivity contribution in [2.45, 2.75) is 19.9 Å². The van der Waals surface area contributed by atoms with Crippen LogP contribution in [0.1, 0.15) is 12.5 Å². The highest BCUT2D eigenvalue weighted by Crippen LogP contribution is 2.32. The number of morpholine rings is 1. The molecule has 0 spiro atoms. The highest BCUT2D eigenvalue weighted by Gasteiger charge is 2.17. The Morgan fingerprint density at radius 3 is 2.73 bits per heavy atom. The number of benzene rings is 1. The van der Waals surface area contributed by atoms with E-state index in [0.29, 0.717) is 19.0 Å². The monoisotopic (exact) mass is 360 g/mol. The quantitative estimate of drug-likeness (QED) is 0.710. The number of aryl methyl sites for hydroxylation is 1. The number of rotatable bonds is 5. The molecule has 1 unspecified atom stereocenters. The first-order valence-corrected chi connectivity index (χ1v) is 8.76. The van der Waals surface area contributed by atoms with E-state index < -0.39 is 5.82 Å². The van der Waals surface area contributed by atoms with Crippen LogP contribution in [0.3, 0.4) is 0 Å². The van der Waals surface area contributed by atoms with Crippen LogP contribution in [0.4, 0.5) is 21.7 Å². The highest BCUT2D eigenvalue weighted by atomic mass is 19.1. The summed E-state index contributed by atoms with van der Waals surface area (Å²) in [6.45, 7) is 6.57. The lowest BCUT2D eigenvalue weighted by atomic mass is 10.00. The SMILES string of the molecule is Cc1cc(F)c(N)cc1-c1cc(NC(C)CO)nc(N2CCOCC2)c1. The topological polar surface area (TPSA) is 83.6 Å². The summed E-state index contributed by atoms with van der Waals surface area (Å²) in [5.41, 5.74) is 8.47. The van der Waals surface area contributed by atoms with E-state index in [9.17, 15) is 9.50 Å². The van der Waals surface area contributed by atoms with E-state index in [0.717, 1.165) is 35.6 Å². The predicted molar refractivity (Wildman–Crippen MR) is 102 cm³/mol. The van der Waals surface area contributed by atoms with Gasteiger partial charge >= 0.3 is 0 Å². The number of nitrogens with two attached hydrogens (primary N) is 1. The average Bonchev–Trinajstić information content (AvgIpc) is 2.65. The first-order chi connectivity index (χ1) is 12.5. The molecular formula is C19H25FN4O2. The van der Waals surface area contributed by atoms with Gasteiger partial charge in [-0.3, -0.25) is 0 Å². The fourth-order valence-corrected chi connectivity index (χ4v) is 3.00. The van der Waals surface area contributed by atoms with Crippen molar-refractivity contribution in [2.24, 2.45) is 0 Å². The van der Waals surface area contributed by atoms with E-state index in [1.165, 1.54) is 6.07 Å². The number of pyridine rings is 1. The molecule has 7 heteroatoms. The largest absolute Gasteiger partial charge is 0.396 e. The summed E-state index contributed by atoms with van der Waals surface area (Å²) in [4.78, 5) is 6.84. The minimum absolute atomic E-state index is 0.00131. The van der Waals surface area contributed by atoms with Crippen molar-refractivity contribution >= 4 is 17.3 Å². The third-order valence-electron chi connectivity index (χ3n) is 4.47. The lowest BCUT2D eigenvalue weighted by Crippen LogP contribution is -2.37. The Hall–Kier alpha value is -2.38. The molecule has 4 N–H and O–H groups in total. The molecule has 140 valence electrons. The van der Waals surface area contributed by atoms with Gasteiger partial charge < -0.3 is 25.8 Å². The molecule has 1 fully saturated rings. The van der Waals surface area contributed by atoms with Crippen molar-refractivity contribution in [1.82, 2.24) is 4.98 Å². The molecule has 26 heavy (non-hydrogen) atoms. The second kappa shape index (κ2) is 7.88. The first-order valence-electron chi connectivity index (χ1n) is 8.76. The van der Waals surface area contributed by atoms with Gasteiger partial charge in [-0.05, 0) is 54.8 Å². The Kier molecular flexibility index (Phi) is 5.58. The van der Waals surface area contributed by atoms with E-state index in [1.54, 1.807) is 6.07 Å². The van der Waals surface area contributed by atoms with Gasteiger partial charge in [0.1, 0.15) is 17.5 Å². The summed E-state index contributed by atoms with van der Waals surface area (Å²) in [5.74, 6) is 1.06. The molecule has 2 aromatic rings. The number of nitrogens with zero attached hydrogens (tertiary/aromatic N) is 2. The zero-order valence-electron chi connectivity index (χ0n) is 15.1. The fourth-order valence-electron chi connectivity index (χ4n) is 3.00. The number of nitrogen functional groups attached to an aromatic ring is 1. The molecule has 1 aliphatic heterocycles. The number of hydrogen-bond donors (Lipinski definition) is 3. The molecule has 1 saturated heterocycles. The molecule has 0 bridgehead atoms. The van der Waals surface area contributed by atoms with Gasteiger partial charge in [-0.25, -0.2) is 9.37 Å². The average molecular weight is 360 g/mol. The van der Waals surface area contributed by atoms with E-state index in [4.69, 9.17) is 10.5 Å². The molecule has 1 aromatic heterocycles. The summed E-state index contributed by atoms with van der Waals surface area (Å²) in [5, 5.41) is 12.5. The van der Waals surface area contributed by atoms with Gasteiger partial charge in [-0.2, -0.15) is 0 Å². The Labute approximate surface area is 152 Å². The number of hydrogen-bond acceptors (Lipinski definition) is 6. The van der Waals surface area contributed by atoms with Crippen LogP contribution in [0.5, 0.6) is 0 Å². The van der Waals surface area contributed by atoms with Crippen LogP contribution >= 0.6 is 0 Å². The number of halogens is 1. The van der Waals surface area contributed by atoms with Crippen LogP contribution in [0.25, 0.3) is 11.1 Å². The maximum Gasteiger partial charge on any atom is 0.146 e. The molecule has 1 aromatic carbocycles. The Morgan fingerprint density at radius 1 is 1.31 bits per heavy atom. The summed E-state index contributed by atoms with van der Waals surface area (Å²) < 4.78 is 19.2. The Bertz CT molecular complexity index is 778. The maximum atomic E-state index is 13.7. The Balaban J connectivity index is 2.05. The molecule has 0 aliphatic carbocycles. The van der Waals surface area contributed by atoms with Gasteiger partial charge in [-0.1, -0.05) is 0 Å². The summed E-state index contributed by atoms with van der Waals surface area (Å²) >= 11 is 0. The van der Waals surface area contributed by atoms with E-state index in [-0.39, 0.29) is 18.3 Å². The molecule has 3 rings (SSSR count). The first kappa shape index (κ1) is 18.4. The lowest BCUT2D eigenvalue weighted by Gasteiger charge is -2.29. The second-order valence-corrected chi connectivity index (χ2v) is 6.62. The summed E-state index contributed by atoms with van der Waals surface area (Å²) in [6, 6.07) is 6.86. The number of ether oxygens (including phenoxy) is 1. The van der Waals surface area contributed by atoms with Crippen LogP contribution < -0.4 is 16.0 Å². The van der Waals surface area contributed by atoms with Crippen molar-refractivity contribution in [1.29, 1.82) is 0 Å². The standard InChI is InChI=1S/C19H25FN4O2/c1-12-7-16(20)17(21)10-15(12)14-8-18(22-13(2)11-25)23-19(9-14)24-3-5-26-6-4-24/h7-10,13,25H,3-6,11,21H2,1-2H3,(H,22,23). The van der Waals surface area contributed by atoms with Gasteiger partial charge in [0.2, 0.25) is 0 Å². The van der Waals surface area contributed by atoms with Crippen LogP contribution in [-0.4, -0.2) is 49.0 Å². The van der Waals surface area contributed by atoms with Crippen molar-refractivity contribution in [3.63, 3.8) is 0 Å². The third-order valence-corrected chi connectivity index (χ3v) is 4.47. The maximum absolute atomic E-state index is 13.7. The normalized spacial score (nSPS) is 15.8. The van der Waals surface area contributed by atoms with Crippen molar-refractivity contribution in [2.75, 3.05) is 48.9 Å². The number of aliphatic hydroxyl groups is 1. The van der Waals surface area contributed by atoms with Gasteiger partial charge in [0.15, 0.2) is 0 Å². The van der Waals surface area contributed by atoms with Crippen molar-refractivity contribution < 1.29 is 14.2 Å². The molecular weight excluding hydrogens is 335 g/mol. The minimum Gasteiger partial charge on any atom is -0.396 e. The number of aromatic nitrogens is 1.